The highest BCUT2D eigenvalue weighted by atomic mass is 16.5. The molecule has 0 aliphatic heterocycles. The molecule has 0 aromatic heterocycles. The molecular weight excluding hydrogens is 384 g/mol. The lowest BCUT2D eigenvalue weighted by molar-refractivity contribution is -0.118. The van der Waals surface area contributed by atoms with E-state index in [2.05, 4.69) is 0 Å². The molecule has 1 rings (SSSR count). The lowest BCUT2D eigenvalue weighted by Gasteiger charge is -2.16. The molecule has 0 aliphatic rings. The number of benzene rings is 1. The smallest absolute Gasteiger partial charge is 0.339 e. The second-order valence-corrected chi connectivity index (χ2v) is 7.77. The van der Waals surface area contributed by atoms with Gasteiger partial charge in [0, 0.05) is 12.8 Å². The van der Waals surface area contributed by atoms with Crippen LogP contribution in [0.15, 0.2) is 24.3 Å². The van der Waals surface area contributed by atoms with Crippen LogP contribution in [0.4, 0.5) is 0 Å². The predicted octanol–water partition coefficient (Wildman–Crippen LogP) is 4.79. The van der Waals surface area contributed by atoms with Crippen LogP contribution >= 0.6 is 0 Å². The summed E-state index contributed by atoms with van der Waals surface area (Å²) in [5, 5.41) is 0. The minimum atomic E-state index is -0.576. The monoisotopic (exact) mass is 418 g/mol. The largest absolute Gasteiger partial charge is 0.462 e. The molecule has 0 aliphatic carbocycles. The lowest BCUT2D eigenvalue weighted by atomic mass is 10.00. The molecular formula is C24H34O6. The minimum Gasteiger partial charge on any atom is -0.462 e. The Bertz CT molecular complexity index is 663. The van der Waals surface area contributed by atoms with Crippen molar-refractivity contribution in [2.75, 3.05) is 13.2 Å². The summed E-state index contributed by atoms with van der Waals surface area (Å²) in [6, 6.07) is 6.43. The Morgan fingerprint density at radius 3 is 1.40 bits per heavy atom. The zero-order valence-electron chi connectivity index (χ0n) is 18.6. The first-order chi connectivity index (χ1) is 14.3. The van der Waals surface area contributed by atoms with Gasteiger partial charge in [-0.15, -0.1) is 0 Å². The Balaban J connectivity index is 2.71. The molecule has 0 radical (unpaired) electrons. The SMILES string of the molecule is CCC(CCC(C)=O)COC(=O)c1ccccc1C(=O)OCC(CC)CCC(C)=O. The maximum absolute atomic E-state index is 12.6. The van der Waals surface area contributed by atoms with Crippen LogP contribution in [0.3, 0.4) is 0 Å². The highest BCUT2D eigenvalue weighted by Gasteiger charge is 2.21. The van der Waals surface area contributed by atoms with Gasteiger partial charge >= 0.3 is 11.9 Å². The highest BCUT2D eigenvalue weighted by Crippen LogP contribution is 2.17. The van der Waals surface area contributed by atoms with Crippen molar-refractivity contribution in [1.82, 2.24) is 0 Å². The standard InChI is InChI=1S/C24H34O6/c1-5-19(13-11-17(3)25)15-29-23(27)21-9-7-8-10-22(21)24(28)30-16-20(6-2)14-12-18(4)26/h7-10,19-20H,5-6,11-16H2,1-4H3. The van der Waals surface area contributed by atoms with Gasteiger partial charge in [0.2, 0.25) is 0 Å². The number of carbonyl (C=O) groups is 4. The lowest BCUT2D eigenvalue weighted by Crippen LogP contribution is -2.19. The van der Waals surface area contributed by atoms with Gasteiger partial charge in [0.15, 0.2) is 0 Å². The van der Waals surface area contributed by atoms with Gasteiger partial charge in [-0.1, -0.05) is 38.8 Å². The number of esters is 2. The molecule has 2 unspecified atom stereocenters. The Kier molecular flexibility index (Phi) is 11.6. The Morgan fingerprint density at radius 2 is 1.10 bits per heavy atom. The molecule has 30 heavy (non-hydrogen) atoms. The molecule has 0 amide bonds. The third kappa shape index (κ3) is 9.33. The van der Waals surface area contributed by atoms with Crippen LogP contribution in [0.1, 0.15) is 86.9 Å². The zero-order valence-corrected chi connectivity index (χ0v) is 18.6. The molecule has 0 fully saturated rings. The first-order valence-corrected chi connectivity index (χ1v) is 10.7. The Hall–Kier alpha value is -2.50. The average molecular weight is 419 g/mol. The summed E-state index contributed by atoms with van der Waals surface area (Å²) < 4.78 is 10.8. The van der Waals surface area contributed by atoms with Crippen LogP contribution in [0.5, 0.6) is 0 Å². The quantitative estimate of drug-likeness (QED) is 0.404. The van der Waals surface area contributed by atoms with Crippen molar-refractivity contribution in [3.8, 4) is 0 Å². The van der Waals surface area contributed by atoms with Crippen LogP contribution < -0.4 is 0 Å². The molecule has 0 bridgehead atoms. The van der Waals surface area contributed by atoms with Crippen LogP contribution in [0, 0.1) is 11.8 Å². The van der Waals surface area contributed by atoms with Crippen molar-refractivity contribution in [2.24, 2.45) is 11.8 Å². The highest BCUT2D eigenvalue weighted by molar-refractivity contribution is 6.03. The summed E-state index contributed by atoms with van der Waals surface area (Å²) in [5.74, 6) is -0.727. The number of carbonyl (C=O) groups excluding carboxylic acids is 4. The van der Waals surface area contributed by atoms with E-state index in [1.165, 1.54) is 0 Å². The van der Waals surface area contributed by atoms with Gasteiger partial charge in [-0.25, -0.2) is 9.59 Å². The van der Waals surface area contributed by atoms with Crippen molar-refractivity contribution in [2.45, 2.75) is 66.2 Å². The number of Topliss-reactive ketones (excluding diaryl/α,β-unsaturated/α-hetero) is 2. The normalized spacial score (nSPS) is 12.7. The molecule has 2 atom stereocenters. The van der Waals surface area contributed by atoms with Gasteiger partial charge in [-0.05, 0) is 50.7 Å². The Labute approximate surface area is 179 Å². The number of ether oxygens (including phenoxy) is 2. The molecule has 6 nitrogen and oxygen atoms in total. The molecule has 166 valence electrons. The number of ketones is 2. The van der Waals surface area contributed by atoms with Crippen LogP contribution in [0.25, 0.3) is 0 Å². The van der Waals surface area contributed by atoms with Gasteiger partial charge in [0.1, 0.15) is 11.6 Å². The van der Waals surface area contributed by atoms with E-state index < -0.39 is 11.9 Å². The number of hydrogen-bond donors (Lipinski definition) is 0. The first-order valence-electron chi connectivity index (χ1n) is 10.7. The third-order valence-corrected chi connectivity index (χ3v) is 5.23. The topological polar surface area (TPSA) is 86.7 Å². The van der Waals surface area contributed by atoms with Crippen molar-refractivity contribution < 1.29 is 28.7 Å². The van der Waals surface area contributed by atoms with Crippen molar-refractivity contribution in [1.29, 1.82) is 0 Å². The van der Waals surface area contributed by atoms with Crippen LogP contribution in [-0.2, 0) is 19.1 Å². The summed E-state index contributed by atoms with van der Waals surface area (Å²) in [6.45, 7) is 7.47. The summed E-state index contributed by atoms with van der Waals surface area (Å²) >= 11 is 0. The fourth-order valence-corrected chi connectivity index (χ4v) is 3.01. The van der Waals surface area contributed by atoms with Gasteiger partial charge in [-0.3, -0.25) is 0 Å². The van der Waals surface area contributed by atoms with E-state index in [9.17, 15) is 19.2 Å². The van der Waals surface area contributed by atoms with E-state index in [1.807, 2.05) is 13.8 Å². The van der Waals surface area contributed by atoms with Gasteiger partial charge in [0.25, 0.3) is 0 Å². The number of rotatable bonds is 14. The Morgan fingerprint density at radius 1 is 0.733 bits per heavy atom. The van der Waals surface area contributed by atoms with Gasteiger partial charge in [-0.2, -0.15) is 0 Å². The van der Waals surface area contributed by atoms with Crippen molar-refractivity contribution in [3.63, 3.8) is 0 Å². The zero-order chi connectivity index (χ0) is 22.5. The van der Waals surface area contributed by atoms with Crippen molar-refractivity contribution in [3.05, 3.63) is 35.4 Å². The van der Waals surface area contributed by atoms with E-state index in [0.29, 0.717) is 25.7 Å². The number of hydrogen-bond acceptors (Lipinski definition) is 6. The van der Waals surface area contributed by atoms with Crippen LogP contribution in [-0.4, -0.2) is 36.7 Å². The molecule has 0 N–H and O–H groups in total. The fraction of sp³-hybridized carbons (Fsp3) is 0.583. The fourth-order valence-electron chi connectivity index (χ4n) is 3.01. The molecule has 6 heteroatoms. The van der Waals surface area contributed by atoms with Gasteiger partial charge in [0.05, 0.1) is 24.3 Å². The molecule has 0 saturated heterocycles. The third-order valence-electron chi connectivity index (χ3n) is 5.23. The average Bonchev–Trinajstić information content (AvgIpc) is 2.73. The van der Waals surface area contributed by atoms with E-state index in [0.717, 1.165) is 12.8 Å². The molecule has 0 heterocycles. The molecule has 1 aromatic rings. The minimum absolute atomic E-state index is 0.101. The first kappa shape index (κ1) is 25.5. The summed E-state index contributed by atoms with van der Waals surface area (Å²) in [4.78, 5) is 47.5. The van der Waals surface area contributed by atoms with Crippen molar-refractivity contribution >= 4 is 23.5 Å². The van der Waals surface area contributed by atoms with E-state index in [4.69, 9.17) is 9.47 Å². The van der Waals surface area contributed by atoms with Crippen LogP contribution in [0.2, 0.25) is 0 Å². The van der Waals surface area contributed by atoms with E-state index >= 15 is 0 Å². The second-order valence-electron chi connectivity index (χ2n) is 7.77. The van der Waals surface area contributed by atoms with E-state index in [1.54, 1.807) is 38.1 Å². The summed E-state index contributed by atoms with van der Waals surface area (Å²) in [6.07, 6.45) is 3.84. The molecule has 0 saturated carbocycles. The second kappa shape index (κ2) is 13.7. The maximum Gasteiger partial charge on any atom is 0.339 e. The molecule has 0 spiro atoms. The van der Waals surface area contributed by atoms with E-state index in [-0.39, 0.29) is 47.7 Å². The van der Waals surface area contributed by atoms with Gasteiger partial charge < -0.3 is 19.1 Å². The predicted molar refractivity (Wildman–Crippen MR) is 114 cm³/mol. The summed E-state index contributed by atoms with van der Waals surface area (Å²) in [5.41, 5.74) is 0.335. The summed E-state index contributed by atoms with van der Waals surface area (Å²) in [7, 11) is 0. The maximum atomic E-state index is 12.6. The molecule has 1 aromatic carbocycles.